The third-order valence-corrected chi connectivity index (χ3v) is 11.2. The average Bonchev–Trinajstić information content (AvgIpc) is 3.31. The zero-order valence-electron chi connectivity index (χ0n) is 32.5. The highest BCUT2D eigenvalue weighted by atomic mass is 15.1. The maximum absolute atomic E-state index is 6.88. The van der Waals surface area contributed by atoms with E-state index in [-0.39, 0.29) is 0 Å². The van der Waals surface area contributed by atoms with Gasteiger partial charge in [-0.25, -0.2) is 0 Å². The molecule has 0 unspecified atom stereocenters. The number of nitrogens with two attached hydrogens (primary N) is 1. The normalized spacial score (nSPS) is 11.1. The number of para-hydroxylation sites is 4. The van der Waals surface area contributed by atoms with Gasteiger partial charge in [-0.1, -0.05) is 152 Å². The van der Waals surface area contributed by atoms with Gasteiger partial charge in [0.25, 0.3) is 0 Å². The molecule has 0 heterocycles. The summed E-state index contributed by atoms with van der Waals surface area (Å²) < 4.78 is 0. The van der Waals surface area contributed by atoms with Gasteiger partial charge < -0.3 is 15.5 Å². The number of hydrogen-bond donors (Lipinski definition) is 1. The predicted octanol–water partition coefficient (Wildman–Crippen LogP) is 15.5. The molecule has 10 aromatic carbocycles. The molecule has 0 fully saturated rings. The van der Waals surface area contributed by atoms with Crippen LogP contribution >= 0.6 is 0 Å². The SMILES string of the molecule is Nc1ccc(-c2ccc(N(c3ccccc3)c3ccccc3)cc2)c2cccc(-c3cccc4cc(-c5ccc(N(c6ccccc6)c6ccccc6)cc5)ccc34)c12. The summed E-state index contributed by atoms with van der Waals surface area (Å²) in [7, 11) is 0. The van der Waals surface area contributed by atoms with Gasteiger partial charge in [0.1, 0.15) is 0 Å². The van der Waals surface area contributed by atoms with E-state index in [0.717, 1.165) is 72.8 Å². The molecule has 10 aromatic rings. The van der Waals surface area contributed by atoms with E-state index in [4.69, 9.17) is 5.73 Å². The Bertz CT molecular complexity index is 2940. The standard InChI is InChI=1S/C56H41N3/c57-55-38-37-50(41-29-34-49(35-30-41)59(46-20-9-3-10-21-46)47-22-11-4-12-23-47)53-25-14-26-54(56(53)55)52-24-13-15-43-39-42(31-36-51(43)52)40-27-32-48(33-28-40)58(44-16-5-1-6-17-44)45-18-7-2-8-19-45/h1-39H,57H2. The molecule has 10 rings (SSSR count). The van der Waals surface area contributed by atoms with E-state index >= 15 is 0 Å². The van der Waals surface area contributed by atoms with E-state index in [9.17, 15) is 0 Å². The fourth-order valence-electron chi connectivity index (χ4n) is 8.40. The Morgan fingerprint density at radius 2 is 0.712 bits per heavy atom. The third-order valence-electron chi connectivity index (χ3n) is 11.2. The Kier molecular flexibility index (Phi) is 9.38. The van der Waals surface area contributed by atoms with Gasteiger partial charge >= 0.3 is 0 Å². The Labute approximate surface area is 345 Å². The Morgan fingerprint density at radius 1 is 0.271 bits per heavy atom. The first-order valence-electron chi connectivity index (χ1n) is 20.1. The smallest absolute Gasteiger partial charge is 0.0462 e. The Morgan fingerprint density at radius 3 is 1.24 bits per heavy atom. The van der Waals surface area contributed by atoms with Crippen molar-refractivity contribution in [1.82, 2.24) is 0 Å². The van der Waals surface area contributed by atoms with E-state index in [1.165, 1.54) is 21.9 Å². The van der Waals surface area contributed by atoms with Crippen molar-refractivity contribution in [1.29, 1.82) is 0 Å². The van der Waals surface area contributed by atoms with Crippen LogP contribution in [0.4, 0.5) is 39.8 Å². The molecule has 0 aliphatic rings. The number of nitrogens with zero attached hydrogens (tertiary/aromatic N) is 2. The van der Waals surface area contributed by atoms with Gasteiger partial charge in [-0.15, -0.1) is 0 Å². The van der Waals surface area contributed by atoms with Crippen LogP contribution in [-0.2, 0) is 0 Å². The highest BCUT2D eigenvalue weighted by molar-refractivity contribution is 6.14. The predicted molar refractivity (Wildman–Crippen MR) is 252 cm³/mol. The highest BCUT2D eigenvalue weighted by Crippen LogP contribution is 2.43. The second-order valence-corrected chi connectivity index (χ2v) is 14.8. The molecule has 0 saturated heterocycles. The summed E-state index contributed by atoms with van der Waals surface area (Å²) in [6.07, 6.45) is 0. The molecule has 0 atom stereocenters. The fraction of sp³-hybridized carbons (Fsp3) is 0. The van der Waals surface area contributed by atoms with Crippen molar-refractivity contribution in [2.75, 3.05) is 15.5 Å². The lowest BCUT2D eigenvalue weighted by Gasteiger charge is -2.25. The van der Waals surface area contributed by atoms with Crippen LogP contribution < -0.4 is 15.5 Å². The zero-order chi connectivity index (χ0) is 39.5. The molecule has 0 bridgehead atoms. The molecule has 0 aliphatic carbocycles. The van der Waals surface area contributed by atoms with Crippen LogP contribution in [0, 0.1) is 0 Å². The van der Waals surface area contributed by atoms with E-state index < -0.39 is 0 Å². The number of anilines is 7. The quantitative estimate of drug-likeness (QED) is 0.149. The molecule has 59 heavy (non-hydrogen) atoms. The van der Waals surface area contributed by atoms with Gasteiger partial charge in [0.2, 0.25) is 0 Å². The first-order chi connectivity index (χ1) is 29.2. The monoisotopic (exact) mass is 755 g/mol. The number of nitrogen functional groups attached to an aromatic ring is 1. The van der Waals surface area contributed by atoms with Gasteiger partial charge in [-0.3, -0.25) is 0 Å². The van der Waals surface area contributed by atoms with E-state index in [1.807, 2.05) is 0 Å². The molecule has 0 aliphatic heterocycles. The third kappa shape index (κ3) is 6.85. The minimum Gasteiger partial charge on any atom is -0.398 e. The Balaban J connectivity index is 0.991. The summed E-state index contributed by atoms with van der Waals surface area (Å²) >= 11 is 0. The second-order valence-electron chi connectivity index (χ2n) is 14.8. The molecule has 3 nitrogen and oxygen atoms in total. The van der Waals surface area contributed by atoms with E-state index in [1.54, 1.807) is 0 Å². The van der Waals surface area contributed by atoms with Crippen molar-refractivity contribution in [2.45, 2.75) is 0 Å². The summed E-state index contributed by atoms with van der Waals surface area (Å²) in [6, 6.07) is 83.9. The molecule has 3 heteroatoms. The molecule has 280 valence electrons. The summed E-state index contributed by atoms with van der Waals surface area (Å²) in [6.45, 7) is 0. The minimum absolute atomic E-state index is 0.768. The van der Waals surface area contributed by atoms with Crippen molar-refractivity contribution in [3.05, 3.63) is 237 Å². The minimum atomic E-state index is 0.768. The lowest BCUT2D eigenvalue weighted by Crippen LogP contribution is -2.09. The number of fused-ring (bicyclic) bond motifs is 2. The lowest BCUT2D eigenvalue weighted by molar-refractivity contribution is 1.28. The summed E-state index contributed by atoms with van der Waals surface area (Å²) in [4.78, 5) is 4.58. The molecule has 0 amide bonds. The zero-order valence-corrected chi connectivity index (χ0v) is 32.5. The van der Waals surface area contributed by atoms with Crippen LogP contribution in [0.15, 0.2) is 237 Å². The summed E-state index contributed by atoms with van der Waals surface area (Å²) in [5.74, 6) is 0. The average molecular weight is 756 g/mol. The van der Waals surface area contributed by atoms with Gasteiger partial charge in [0.15, 0.2) is 0 Å². The number of hydrogen-bond acceptors (Lipinski definition) is 3. The Hall–Kier alpha value is -7.88. The van der Waals surface area contributed by atoms with Gasteiger partial charge in [-0.05, 0) is 134 Å². The van der Waals surface area contributed by atoms with Crippen LogP contribution in [0.3, 0.4) is 0 Å². The van der Waals surface area contributed by atoms with Gasteiger partial charge in [0.05, 0.1) is 0 Å². The molecule has 0 aromatic heterocycles. The lowest BCUT2D eigenvalue weighted by atomic mass is 9.89. The number of benzene rings is 10. The van der Waals surface area contributed by atoms with Crippen molar-refractivity contribution in [2.24, 2.45) is 0 Å². The van der Waals surface area contributed by atoms with Gasteiger partial charge in [-0.2, -0.15) is 0 Å². The molecule has 0 saturated carbocycles. The van der Waals surface area contributed by atoms with Gasteiger partial charge in [0, 0.05) is 45.2 Å². The van der Waals surface area contributed by atoms with Crippen molar-refractivity contribution < 1.29 is 0 Å². The molecular formula is C56H41N3. The highest BCUT2D eigenvalue weighted by Gasteiger charge is 2.17. The maximum Gasteiger partial charge on any atom is 0.0462 e. The molecule has 0 radical (unpaired) electrons. The first kappa shape index (κ1) is 35.5. The number of rotatable bonds is 9. The van der Waals surface area contributed by atoms with E-state index in [0.29, 0.717) is 0 Å². The van der Waals surface area contributed by atoms with Crippen molar-refractivity contribution >= 4 is 61.4 Å². The largest absolute Gasteiger partial charge is 0.398 e. The van der Waals surface area contributed by atoms with Crippen LogP contribution in [0.25, 0.3) is 54.9 Å². The summed E-state index contributed by atoms with van der Waals surface area (Å²) in [5, 5.41) is 4.57. The van der Waals surface area contributed by atoms with Crippen molar-refractivity contribution in [3.63, 3.8) is 0 Å². The molecule has 0 spiro atoms. The molecule has 2 N–H and O–H groups in total. The fourth-order valence-corrected chi connectivity index (χ4v) is 8.40. The van der Waals surface area contributed by atoms with E-state index in [2.05, 4.69) is 246 Å². The van der Waals surface area contributed by atoms with Crippen LogP contribution in [0.2, 0.25) is 0 Å². The van der Waals surface area contributed by atoms with Crippen LogP contribution in [0.1, 0.15) is 0 Å². The second kappa shape index (κ2) is 15.6. The topological polar surface area (TPSA) is 32.5 Å². The van der Waals surface area contributed by atoms with Crippen molar-refractivity contribution in [3.8, 4) is 33.4 Å². The maximum atomic E-state index is 6.88. The van der Waals surface area contributed by atoms with Crippen LogP contribution in [0.5, 0.6) is 0 Å². The summed E-state index contributed by atoms with van der Waals surface area (Å²) in [5.41, 5.74) is 21.2. The van der Waals surface area contributed by atoms with Crippen LogP contribution in [-0.4, -0.2) is 0 Å². The first-order valence-corrected chi connectivity index (χ1v) is 20.1. The molecular weight excluding hydrogens is 715 g/mol.